The molecular formula is C21H23N3O2S2. The Balaban J connectivity index is 1.66. The molecule has 1 heterocycles. The van der Waals surface area contributed by atoms with Crippen molar-refractivity contribution in [1.29, 1.82) is 5.26 Å². The Kier molecular flexibility index (Phi) is 6.32. The molecule has 7 heteroatoms. The van der Waals surface area contributed by atoms with Crippen molar-refractivity contribution in [3.05, 3.63) is 45.8 Å². The molecule has 1 aromatic carbocycles. The van der Waals surface area contributed by atoms with Crippen LogP contribution >= 0.6 is 23.6 Å². The number of thiocarbonyl (C=S) groups is 1. The number of thiophene rings is 1. The lowest BCUT2D eigenvalue weighted by Crippen LogP contribution is -2.34. The molecule has 0 aliphatic heterocycles. The van der Waals surface area contributed by atoms with Crippen LogP contribution in [0.5, 0.6) is 5.75 Å². The monoisotopic (exact) mass is 413 g/mol. The molecule has 1 aliphatic rings. The van der Waals surface area contributed by atoms with E-state index in [0.29, 0.717) is 27.8 Å². The minimum atomic E-state index is -0.304. The van der Waals surface area contributed by atoms with Crippen molar-refractivity contribution in [2.24, 2.45) is 5.92 Å². The number of nitrogens with zero attached hydrogens (tertiary/aromatic N) is 1. The number of anilines is 1. The maximum absolute atomic E-state index is 12.4. The molecule has 0 fully saturated rings. The molecule has 0 spiro atoms. The number of nitriles is 1. The van der Waals surface area contributed by atoms with Gasteiger partial charge in [0, 0.05) is 10.4 Å². The Labute approximate surface area is 174 Å². The van der Waals surface area contributed by atoms with E-state index in [1.807, 2.05) is 13.8 Å². The highest BCUT2D eigenvalue weighted by Crippen LogP contribution is 2.39. The van der Waals surface area contributed by atoms with Crippen LogP contribution < -0.4 is 15.4 Å². The van der Waals surface area contributed by atoms with Gasteiger partial charge in [-0.05, 0) is 81.1 Å². The van der Waals surface area contributed by atoms with Crippen LogP contribution in [0.15, 0.2) is 24.3 Å². The summed E-state index contributed by atoms with van der Waals surface area (Å²) in [5.41, 5.74) is 2.27. The Morgan fingerprint density at radius 2 is 2.07 bits per heavy atom. The predicted octanol–water partition coefficient (Wildman–Crippen LogP) is 4.66. The highest BCUT2D eigenvalue weighted by atomic mass is 32.1. The topological polar surface area (TPSA) is 74.2 Å². The highest BCUT2D eigenvalue weighted by Gasteiger charge is 2.24. The number of carbonyl (C=O) groups excluding carboxylic acids is 1. The van der Waals surface area contributed by atoms with Gasteiger partial charge < -0.3 is 10.1 Å². The van der Waals surface area contributed by atoms with Crippen molar-refractivity contribution in [3.63, 3.8) is 0 Å². The SMILES string of the molecule is CC1CCc2c(sc(NC(=S)NC(=O)c3ccc(OC(C)C)cc3)c2C#N)C1. The summed E-state index contributed by atoms with van der Waals surface area (Å²) < 4.78 is 5.58. The van der Waals surface area contributed by atoms with Gasteiger partial charge in [-0.25, -0.2) is 0 Å². The smallest absolute Gasteiger partial charge is 0.257 e. The van der Waals surface area contributed by atoms with Gasteiger partial charge in [-0.15, -0.1) is 11.3 Å². The van der Waals surface area contributed by atoms with Crippen LogP contribution in [0.3, 0.4) is 0 Å². The molecule has 146 valence electrons. The molecule has 0 bridgehead atoms. The van der Waals surface area contributed by atoms with Gasteiger partial charge in [-0.3, -0.25) is 10.1 Å². The Morgan fingerprint density at radius 3 is 2.71 bits per heavy atom. The summed E-state index contributed by atoms with van der Waals surface area (Å²) in [5.74, 6) is 1.03. The third-order valence-corrected chi connectivity index (χ3v) is 5.94. The number of rotatable bonds is 4. The van der Waals surface area contributed by atoms with Crippen molar-refractivity contribution >= 4 is 39.6 Å². The van der Waals surface area contributed by atoms with Crippen molar-refractivity contribution in [2.45, 2.75) is 46.1 Å². The number of carbonyl (C=O) groups is 1. The van der Waals surface area contributed by atoms with Crippen LogP contribution in [0.25, 0.3) is 0 Å². The van der Waals surface area contributed by atoms with Gasteiger partial charge in [-0.2, -0.15) is 5.26 Å². The third kappa shape index (κ3) is 4.70. The summed E-state index contributed by atoms with van der Waals surface area (Å²) in [4.78, 5) is 13.7. The molecule has 28 heavy (non-hydrogen) atoms. The first-order valence-electron chi connectivity index (χ1n) is 9.31. The Hall–Kier alpha value is -2.43. The van der Waals surface area contributed by atoms with Crippen molar-refractivity contribution in [1.82, 2.24) is 5.32 Å². The number of fused-ring (bicyclic) bond motifs is 1. The van der Waals surface area contributed by atoms with Crippen LogP contribution in [0, 0.1) is 17.2 Å². The maximum atomic E-state index is 12.4. The van der Waals surface area contributed by atoms with Crippen LogP contribution in [0.4, 0.5) is 5.00 Å². The van der Waals surface area contributed by atoms with Crippen LogP contribution in [-0.2, 0) is 12.8 Å². The zero-order valence-corrected chi connectivity index (χ0v) is 17.8. The fraction of sp³-hybridized carbons (Fsp3) is 0.381. The second-order valence-corrected chi connectivity index (χ2v) is 8.78. The molecule has 0 saturated heterocycles. The molecule has 3 rings (SSSR count). The predicted molar refractivity (Wildman–Crippen MR) is 116 cm³/mol. The minimum absolute atomic E-state index is 0.0744. The fourth-order valence-corrected chi connectivity index (χ4v) is 4.85. The van der Waals surface area contributed by atoms with Crippen LogP contribution in [-0.4, -0.2) is 17.1 Å². The first-order chi connectivity index (χ1) is 13.4. The van der Waals surface area contributed by atoms with Crippen molar-refractivity contribution < 1.29 is 9.53 Å². The average molecular weight is 414 g/mol. The minimum Gasteiger partial charge on any atom is -0.491 e. The fourth-order valence-electron chi connectivity index (χ4n) is 3.22. The zero-order valence-electron chi connectivity index (χ0n) is 16.2. The van der Waals surface area contributed by atoms with Gasteiger partial charge in [0.25, 0.3) is 5.91 Å². The molecular weight excluding hydrogens is 390 g/mol. The van der Waals surface area contributed by atoms with Gasteiger partial charge in [0.2, 0.25) is 0 Å². The molecule has 2 aromatic rings. The van der Waals surface area contributed by atoms with Gasteiger partial charge >= 0.3 is 0 Å². The van der Waals surface area contributed by atoms with Crippen molar-refractivity contribution in [3.8, 4) is 11.8 Å². The summed E-state index contributed by atoms with van der Waals surface area (Å²) in [6.45, 7) is 6.12. The number of ether oxygens (including phenoxy) is 1. The third-order valence-electron chi connectivity index (χ3n) is 4.57. The van der Waals surface area contributed by atoms with E-state index in [4.69, 9.17) is 17.0 Å². The first kappa shape index (κ1) is 20.3. The largest absolute Gasteiger partial charge is 0.491 e. The van der Waals surface area contributed by atoms with E-state index >= 15 is 0 Å². The molecule has 1 amide bonds. The molecule has 5 nitrogen and oxygen atoms in total. The molecule has 1 aromatic heterocycles. The van der Waals surface area contributed by atoms with Crippen LogP contribution in [0.2, 0.25) is 0 Å². The summed E-state index contributed by atoms with van der Waals surface area (Å²) in [6, 6.07) is 9.20. The van der Waals surface area contributed by atoms with Gasteiger partial charge in [0.05, 0.1) is 11.7 Å². The first-order valence-corrected chi connectivity index (χ1v) is 10.5. The number of benzene rings is 1. The molecule has 2 N–H and O–H groups in total. The maximum Gasteiger partial charge on any atom is 0.257 e. The molecule has 0 saturated carbocycles. The standard InChI is InChI=1S/C21H23N3O2S2/c1-12(2)26-15-7-5-14(6-8-15)19(25)23-21(27)24-20-17(11-22)16-9-4-13(3)10-18(16)28-20/h5-8,12-13H,4,9-10H2,1-3H3,(H2,23,24,25,27). The van der Waals surface area contributed by atoms with E-state index in [2.05, 4.69) is 23.6 Å². The van der Waals surface area contributed by atoms with E-state index in [1.165, 1.54) is 4.88 Å². The summed E-state index contributed by atoms with van der Waals surface area (Å²) >= 11 is 6.86. The average Bonchev–Trinajstić information content (AvgIpc) is 2.97. The second kappa shape index (κ2) is 8.72. The normalized spacial score (nSPS) is 15.5. The quantitative estimate of drug-likeness (QED) is 0.713. The van der Waals surface area contributed by atoms with E-state index in [0.717, 1.165) is 24.8 Å². The van der Waals surface area contributed by atoms with Gasteiger partial charge in [0.15, 0.2) is 5.11 Å². The number of nitrogens with one attached hydrogen (secondary N) is 2. The molecule has 0 radical (unpaired) electrons. The van der Waals surface area contributed by atoms with Gasteiger partial charge in [-0.1, -0.05) is 6.92 Å². The molecule has 1 unspecified atom stereocenters. The lowest BCUT2D eigenvalue weighted by atomic mass is 9.89. The van der Waals surface area contributed by atoms with E-state index in [9.17, 15) is 10.1 Å². The van der Waals surface area contributed by atoms with E-state index < -0.39 is 0 Å². The lowest BCUT2D eigenvalue weighted by Gasteiger charge is -2.17. The van der Waals surface area contributed by atoms with E-state index in [-0.39, 0.29) is 17.1 Å². The van der Waals surface area contributed by atoms with Gasteiger partial charge in [0.1, 0.15) is 16.8 Å². The number of hydrogen-bond donors (Lipinski definition) is 2. The zero-order chi connectivity index (χ0) is 20.3. The Bertz CT molecular complexity index is 926. The Morgan fingerprint density at radius 1 is 1.36 bits per heavy atom. The summed E-state index contributed by atoms with van der Waals surface area (Å²) in [5, 5.41) is 16.2. The van der Waals surface area contributed by atoms with Crippen LogP contribution in [0.1, 0.15) is 53.6 Å². The number of amides is 1. The molecule has 1 aliphatic carbocycles. The summed E-state index contributed by atoms with van der Waals surface area (Å²) in [7, 11) is 0. The summed E-state index contributed by atoms with van der Waals surface area (Å²) in [6.07, 6.45) is 3.07. The van der Waals surface area contributed by atoms with E-state index in [1.54, 1.807) is 35.6 Å². The molecule has 1 atom stereocenters. The van der Waals surface area contributed by atoms with Crippen molar-refractivity contribution in [2.75, 3.05) is 5.32 Å². The highest BCUT2D eigenvalue weighted by molar-refractivity contribution is 7.80. The second-order valence-electron chi connectivity index (χ2n) is 7.27. The number of hydrogen-bond acceptors (Lipinski definition) is 5. The lowest BCUT2D eigenvalue weighted by molar-refractivity contribution is 0.0977.